The number of aryl methyl sites for hydroxylation is 1. The third kappa shape index (κ3) is 4.15. The first-order valence-corrected chi connectivity index (χ1v) is 11.7. The van der Waals surface area contributed by atoms with E-state index < -0.39 is 17.7 Å². The Hall–Kier alpha value is -3.01. The normalized spacial score (nSPS) is 17.9. The molecule has 2 aliphatic heterocycles. The minimum atomic E-state index is -4.45. The molecule has 0 aliphatic carbocycles. The summed E-state index contributed by atoms with van der Waals surface area (Å²) < 4.78 is 49.3. The fourth-order valence-electron chi connectivity index (χ4n) is 4.61. The molecule has 0 saturated heterocycles. The molecule has 0 amide bonds. The van der Waals surface area contributed by atoms with Gasteiger partial charge in [0.1, 0.15) is 17.2 Å². The highest BCUT2D eigenvalue weighted by Gasteiger charge is 2.37. The number of nitrogens with one attached hydrogen (secondary N) is 1. The van der Waals surface area contributed by atoms with Crippen LogP contribution >= 0.6 is 15.9 Å². The molecule has 5 rings (SSSR count). The summed E-state index contributed by atoms with van der Waals surface area (Å²) in [5.41, 5.74) is 2.71. The van der Waals surface area contributed by atoms with Crippen LogP contribution in [0.2, 0.25) is 0 Å². The molecule has 178 valence electrons. The molecule has 2 aliphatic rings. The van der Waals surface area contributed by atoms with E-state index in [2.05, 4.69) is 26.2 Å². The maximum atomic E-state index is 13.8. The molecule has 0 spiro atoms. The third-order valence-electron chi connectivity index (χ3n) is 6.19. The standard InChI is InChI=1S/C24H23BrF3N5O/c1-14-11-33(13-29-14)21-8-7-19(31-23(21)34-2)20-12-32-9-3-4-17(22(32)30-20)16-6-5-15(25)10-18(16)24(26,27)28/h5-8,10-12,17,29H,3-4,9,13H2,1-2H3/t17-/m0/s1. The third-order valence-corrected chi connectivity index (χ3v) is 6.68. The lowest BCUT2D eigenvalue weighted by molar-refractivity contribution is -0.138. The molecule has 6 nitrogen and oxygen atoms in total. The summed E-state index contributed by atoms with van der Waals surface area (Å²) in [6.45, 7) is 3.31. The van der Waals surface area contributed by atoms with Crippen LogP contribution in [0.1, 0.15) is 42.6 Å². The molecular weight excluding hydrogens is 511 g/mol. The summed E-state index contributed by atoms with van der Waals surface area (Å²) in [6.07, 6.45) is 0.777. The van der Waals surface area contributed by atoms with E-state index in [4.69, 9.17) is 9.72 Å². The summed E-state index contributed by atoms with van der Waals surface area (Å²) >= 11 is 3.17. The molecule has 1 N–H and O–H groups in total. The van der Waals surface area contributed by atoms with Crippen LogP contribution in [-0.4, -0.2) is 28.3 Å². The Kier molecular flexibility index (Phi) is 5.79. The van der Waals surface area contributed by atoms with Crippen LogP contribution in [0.3, 0.4) is 0 Å². The van der Waals surface area contributed by atoms with Crippen LogP contribution in [0, 0.1) is 0 Å². The van der Waals surface area contributed by atoms with Gasteiger partial charge in [-0.1, -0.05) is 22.0 Å². The first-order valence-electron chi connectivity index (χ1n) is 10.9. The Morgan fingerprint density at radius 2 is 1.97 bits per heavy atom. The highest BCUT2D eigenvalue weighted by atomic mass is 79.9. The van der Waals surface area contributed by atoms with Crippen molar-refractivity contribution in [2.45, 2.75) is 38.4 Å². The van der Waals surface area contributed by atoms with Crippen molar-refractivity contribution in [2.75, 3.05) is 18.7 Å². The van der Waals surface area contributed by atoms with Gasteiger partial charge in [-0.3, -0.25) is 0 Å². The van der Waals surface area contributed by atoms with Crippen molar-refractivity contribution in [1.29, 1.82) is 0 Å². The van der Waals surface area contributed by atoms with E-state index in [9.17, 15) is 13.2 Å². The van der Waals surface area contributed by atoms with Crippen LogP contribution in [0.25, 0.3) is 11.4 Å². The molecule has 0 fully saturated rings. The number of halogens is 4. The molecule has 34 heavy (non-hydrogen) atoms. The summed E-state index contributed by atoms with van der Waals surface area (Å²) in [5, 5.41) is 3.24. The van der Waals surface area contributed by atoms with Gasteiger partial charge in [-0.15, -0.1) is 0 Å². The average molecular weight is 534 g/mol. The Bertz CT molecular complexity index is 1270. The fraction of sp³-hybridized carbons (Fsp3) is 0.333. The highest BCUT2D eigenvalue weighted by molar-refractivity contribution is 9.10. The number of rotatable bonds is 4. The van der Waals surface area contributed by atoms with Crippen molar-refractivity contribution in [3.63, 3.8) is 0 Å². The van der Waals surface area contributed by atoms with Gasteiger partial charge < -0.3 is 19.5 Å². The van der Waals surface area contributed by atoms with Crippen molar-refractivity contribution in [3.05, 3.63) is 69.8 Å². The number of fused-ring (bicyclic) bond motifs is 1. The number of hydrogen-bond acceptors (Lipinski definition) is 5. The lowest BCUT2D eigenvalue weighted by Crippen LogP contribution is -2.21. The Balaban J connectivity index is 1.53. The SMILES string of the molecule is COc1nc(-c2cn3c(n2)[C@H](c2ccc(Br)cc2C(F)(F)F)CCC3)ccc1N1C=C(C)NC1. The van der Waals surface area contributed by atoms with Crippen molar-refractivity contribution in [2.24, 2.45) is 0 Å². The average Bonchev–Trinajstić information content (AvgIpc) is 3.44. The largest absolute Gasteiger partial charge is 0.479 e. The number of imidazole rings is 1. The number of alkyl halides is 3. The van der Waals surface area contributed by atoms with Gasteiger partial charge in [-0.25, -0.2) is 9.97 Å². The maximum Gasteiger partial charge on any atom is 0.416 e. The molecule has 3 aromatic rings. The monoisotopic (exact) mass is 533 g/mol. The van der Waals surface area contributed by atoms with Gasteiger partial charge in [0.2, 0.25) is 5.88 Å². The van der Waals surface area contributed by atoms with Crippen molar-refractivity contribution in [1.82, 2.24) is 19.9 Å². The number of aromatic nitrogens is 3. The van der Waals surface area contributed by atoms with Crippen LogP contribution in [0.4, 0.5) is 18.9 Å². The number of anilines is 1. The van der Waals surface area contributed by atoms with Gasteiger partial charge >= 0.3 is 6.18 Å². The Morgan fingerprint density at radius 1 is 1.15 bits per heavy atom. The van der Waals surface area contributed by atoms with Gasteiger partial charge in [0.05, 0.1) is 25.0 Å². The number of hydrogen-bond donors (Lipinski definition) is 1. The molecule has 0 radical (unpaired) electrons. The lowest BCUT2D eigenvalue weighted by atomic mass is 9.87. The smallest absolute Gasteiger partial charge is 0.416 e. The molecular formula is C24H23BrF3N5O. The Morgan fingerprint density at radius 3 is 2.68 bits per heavy atom. The van der Waals surface area contributed by atoms with E-state index in [0.29, 0.717) is 47.2 Å². The minimum Gasteiger partial charge on any atom is -0.479 e. The van der Waals surface area contributed by atoms with Crippen LogP contribution in [0.5, 0.6) is 5.88 Å². The second-order valence-electron chi connectivity index (χ2n) is 8.44. The molecule has 0 saturated carbocycles. The van der Waals surface area contributed by atoms with E-state index in [1.54, 1.807) is 19.2 Å². The van der Waals surface area contributed by atoms with Gasteiger partial charge in [-0.05, 0) is 49.6 Å². The molecule has 0 bridgehead atoms. The van der Waals surface area contributed by atoms with Crippen molar-refractivity contribution >= 4 is 21.6 Å². The van der Waals surface area contributed by atoms with Gasteiger partial charge in [0, 0.05) is 35.0 Å². The zero-order chi connectivity index (χ0) is 24.0. The quantitative estimate of drug-likeness (QED) is 0.453. The van der Waals surface area contributed by atoms with Crippen molar-refractivity contribution < 1.29 is 17.9 Å². The summed E-state index contributed by atoms with van der Waals surface area (Å²) in [5.74, 6) is 0.637. The predicted molar refractivity (Wildman–Crippen MR) is 126 cm³/mol. The topological polar surface area (TPSA) is 55.2 Å². The number of methoxy groups -OCH3 is 1. The molecule has 1 atom stereocenters. The maximum absolute atomic E-state index is 13.8. The van der Waals surface area contributed by atoms with E-state index >= 15 is 0 Å². The molecule has 0 unspecified atom stereocenters. The molecule has 1 aromatic carbocycles. The Labute approximate surface area is 203 Å². The van der Waals surface area contributed by atoms with E-state index in [0.717, 1.165) is 23.9 Å². The highest BCUT2D eigenvalue weighted by Crippen LogP contribution is 2.42. The first-order chi connectivity index (χ1) is 16.2. The summed E-state index contributed by atoms with van der Waals surface area (Å²) in [4.78, 5) is 11.4. The second kappa shape index (κ2) is 8.65. The minimum absolute atomic E-state index is 0.248. The van der Waals surface area contributed by atoms with Crippen LogP contribution < -0.4 is 15.0 Å². The first kappa shape index (κ1) is 22.8. The predicted octanol–water partition coefficient (Wildman–Crippen LogP) is 5.89. The molecule has 2 aromatic heterocycles. The lowest BCUT2D eigenvalue weighted by Gasteiger charge is -2.26. The van der Waals surface area contributed by atoms with Gasteiger partial charge in [-0.2, -0.15) is 13.2 Å². The summed E-state index contributed by atoms with van der Waals surface area (Å²) in [7, 11) is 1.57. The second-order valence-corrected chi connectivity index (χ2v) is 9.36. The number of allylic oxidation sites excluding steroid dienone is 1. The summed E-state index contributed by atoms with van der Waals surface area (Å²) in [6, 6.07) is 8.14. The van der Waals surface area contributed by atoms with E-state index in [1.807, 2.05) is 40.9 Å². The van der Waals surface area contributed by atoms with Gasteiger partial charge in [0.15, 0.2) is 0 Å². The van der Waals surface area contributed by atoms with Gasteiger partial charge in [0.25, 0.3) is 0 Å². The van der Waals surface area contributed by atoms with E-state index in [1.165, 1.54) is 0 Å². The molecule has 10 heteroatoms. The number of ether oxygens (including phenoxy) is 1. The zero-order valence-corrected chi connectivity index (χ0v) is 20.2. The fourth-order valence-corrected chi connectivity index (χ4v) is 4.97. The number of benzene rings is 1. The van der Waals surface area contributed by atoms with Crippen LogP contribution in [0.15, 0.2) is 52.9 Å². The zero-order valence-electron chi connectivity index (χ0n) is 18.7. The molecule has 4 heterocycles. The van der Waals surface area contributed by atoms with E-state index in [-0.39, 0.29) is 5.56 Å². The number of nitrogens with zero attached hydrogens (tertiary/aromatic N) is 4. The number of pyridine rings is 1. The van der Waals surface area contributed by atoms with Crippen LogP contribution in [-0.2, 0) is 12.7 Å². The van der Waals surface area contributed by atoms with Crippen molar-refractivity contribution in [3.8, 4) is 17.3 Å².